The number of methoxy groups -OCH3 is 1. The average molecular weight is 349 g/mol. The zero-order valence-electron chi connectivity index (χ0n) is 15.0. The van der Waals surface area contributed by atoms with E-state index in [0.717, 1.165) is 19.2 Å². The van der Waals surface area contributed by atoms with Crippen LogP contribution in [0.3, 0.4) is 0 Å². The van der Waals surface area contributed by atoms with Crippen molar-refractivity contribution in [1.82, 2.24) is 9.97 Å². The normalized spacial score (nSPS) is 15.9. The molecule has 24 heavy (non-hydrogen) atoms. The Morgan fingerprint density at radius 1 is 1.46 bits per heavy atom. The molecule has 2 rings (SSSR count). The Hall–Kier alpha value is -1.46. The van der Waals surface area contributed by atoms with Gasteiger partial charge in [-0.1, -0.05) is 45.3 Å². The van der Waals surface area contributed by atoms with E-state index in [9.17, 15) is 4.79 Å². The highest BCUT2D eigenvalue weighted by atomic mass is 35.5. The van der Waals surface area contributed by atoms with Crippen molar-refractivity contribution in [3.63, 3.8) is 0 Å². The van der Waals surface area contributed by atoms with Gasteiger partial charge in [-0.2, -0.15) is 0 Å². The molecule has 2 radical (unpaired) electrons. The van der Waals surface area contributed by atoms with Crippen LogP contribution in [0, 0.1) is 0 Å². The quantitative estimate of drug-likeness (QED) is 0.606. The lowest BCUT2D eigenvalue weighted by atomic mass is 9.99. The Labute approximate surface area is 151 Å². The highest BCUT2D eigenvalue weighted by Crippen LogP contribution is 2.19. The molecule has 1 aliphatic carbocycles. The van der Waals surface area contributed by atoms with Crippen LogP contribution in [0.15, 0.2) is 36.1 Å². The van der Waals surface area contributed by atoms with Gasteiger partial charge in [-0.3, -0.25) is 4.79 Å². The fraction of sp³-hybridized carbons (Fsp3) is 0.500. The van der Waals surface area contributed by atoms with Crippen LogP contribution < -0.4 is 0 Å². The van der Waals surface area contributed by atoms with Gasteiger partial charge in [-0.15, -0.1) is 0 Å². The number of carbonyl (C=O) groups is 1. The minimum absolute atomic E-state index is 0.00756. The van der Waals surface area contributed by atoms with Crippen LogP contribution >= 0.6 is 11.6 Å². The maximum Gasteiger partial charge on any atom is 0.222 e. The Morgan fingerprint density at radius 3 is 2.71 bits per heavy atom. The summed E-state index contributed by atoms with van der Waals surface area (Å²) in [6, 6.07) is 1.69. The molecule has 0 aliphatic heterocycles. The lowest BCUT2D eigenvalue weighted by molar-refractivity contribution is -0.116. The first-order chi connectivity index (χ1) is 11.6. The number of carbonyl (C=O) groups excluding carboxylic acids is 1. The summed E-state index contributed by atoms with van der Waals surface area (Å²) in [5.74, 6) is 0.00756. The summed E-state index contributed by atoms with van der Waals surface area (Å²) < 4.78 is 5.38. The minimum Gasteiger partial charge on any atom is -0.377 e. The minimum atomic E-state index is -0.153. The smallest absolute Gasteiger partial charge is 0.222 e. The second-order valence-electron chi connectivity index (χ2n) is 4.68. The third kappa shape index (κ3) is 8.41. The lowest BCUT2D eigenvalue weighted by Gasteiger charge is -2.16. The van der Waals surface area contributed by atoms with Crippen molar-refractivity contribution in [3.05, 3.63) is 47.0 Å². The zero-order chi connectivity index (χ0) is 18.4. The standard InChI is InChI=1S/C14H15ClN2O2.C2H5B.C2H6/c1-19-13-6-4-2-3-5-11(13)12(18)9-10-7-8-16-14(15)17-10;1-2-3;1-2/h2-3,5,7-8,13H,4,6,9H2,1H3;2H2,1H3;1-2H3. The van der Waals surface area contributed by atoms with Crippen LogP contribution in [0.1, 0.15) is 39.3 Å². The van der Waals surface area contributed by atoms with E-state index in [2.05, 4.69) is 9.97 Å². The predicted molar refractivity (Wildman–Crippen MR) is 101 cm³/mol. The maximum atomic E-state index is 12.3. The monoisotopic (exact) mass is 348 g/mol. The van der Waals surface area contributed by atoms with Crippen molar-refractivity contribution in [3.8, 4) is 0 Å². The van der Waals surface area contributed by atoms with Gasteiger partial charge in [0.05, 0.1) is 26.1 Å². The van der Waals surface area contributed by atoms with Crippen LogP contribution in [-0.4, -0.2) is 36.8 Å². The molecule has 1 aromatic heterocycles. The van der Waals surface area contributed by atoms with E-state index in [1.807, 2.05) is 39.0 Å². The van der Waals surface area contributed by atoms with Crippen molar-refractivity contribution in [2.45, 2.75) is 52.5 Å². The number of nitrogens with zero attached hydrogens (tertiary/aromatic N) is 2. The zero-order valence-corrected chi connectivity index (χ0v) is 15.7. The van der Waals surface area contributed by atoms with Crippen LogP contribution in [0.2, 0.25) is 11.6 Å². The highest BCUT2D eigenvalue weighted by molar-refractivity contribution is 6.28. The van der Waals surface area contributed by atoms with Gasteiger partial charge in [0.2, 0.25) is 5.28 Å². The van der Waals surface area contributed by atoms with E-state index in [1.54, 1.807) is 19.4 Å². The van der Waals surface area contributed by atoms with Gasteiger partial charge in [-0.05, 0) is 30.5 Å². The first-order valence-corrected chi connectivity index (χ1v) is 8.60. The summed E-state index contributed by atoms with van der Waals surface area (Å²) in [6.45, 7) is 5.90. The average Bonchev–Trinajstić information content (AvgIpc) is 2.83. The number of ketones is 1. The molecule has 130 valence electrons. The molecule has 1 heterocycles. The molecular formula is C18H26BClN2O2. The van der Waals surface area contributed by atoms with Crippen molar-refractivity contribution in [1.29, 1.82) is 0 Å². The molecular weight excluding hydrogens is 322 g/mol. The second kappa shape index (κ2) is 13.9. The van der Waals surface area contributed by atoms with Gasteiger partial charge in [0.1, 0.15) is 0 Å². The van der Waals surface area contributed by atoms with Crippen LogP contribution in [0.25, 0.3) is 0 Å². The highest BCUT2D eigenvalue weighted by Gasteiger charge is 2.21. The second-order valence-corrected chi connectivity index (χ2v) is 5.02. The van der Waals surface area contributed by atoms with Crippen molar-refractivity contribution in [2.75, 3.05) is 7.11 Å². The summed E-state index contributed by atoms with van der Waals surface area (Å²) in [7, 11) is 6.47. The van der Waals surface area contributed by atoms with Crippen LogP contribution in [-0.2, 0) is 16.0 Å². The molecule has 1 aliphatic rings. The number of halogens is 1. The van der Waals surface area contributed by atoms with Gasteiger partial charge in [0, 0.05) is 18.9 Å². The third-order valence-corrected chi connectivity index (χ3v) is 3.17. The molecule has 4 nitrogen and oxygen atoms in total. The molecule has 1 aromatic rings. The maximum absolute atomic E-state index is 12.3. The molecule has 6 heteroatoms. The Bertz CT molecular complexity index is 548. The van der Waals surface area contributed by atoms with E-state index < -0.39 is 0 Å². The summed E-state index contributed by atoms with van der Waals surface area (Å²) in [5, 5.41) is 0.156. The molecule has 0 fully saturated rings. The predicted octanol–water partition coefficient (Wildman–Crippen LogP) is 4.15. The van der Waals surface area contributed by atoms with E-state index in [0.29, 0.717) is 11.3 Å². The van der Waals surface area contributed by atoms with Crippen molar-refractivity contribution < 1.29 is 9.53 Å². The Kier molecular flexibility index (Phi) is 13.1. The number of Topliss-reactive ketones (excluding diaryl/α,β-unsaturated/α-hetero) is 1. The molecule has 0 aromatic carbocycles. The molecule has 0 N–H and O–H groups in total. The molecule has 0 saturated carbocycles. The topological polar surface area (TPSA) is 52.1 Å². The number of rotatable bonds is 4. The van der Waals surface area contributed by atoms with Crippen LogP contribution in [0.4, 0.5) is 0 Å². The summed E-state index contributed by atoms with van der Waals surface area (Å²) in [5.41, 5.74) is 1.31. The fourth-order valence-corrected chi connectivity index (χ4v) is 2.20. The Morgan fingerprint density at radius 2 is 2.12 bits per heavy atom. The van der Waals surface area contributed by atoms with E-state index in [-0.39, 0.29) is 23.6 Å². The molecule has 0 amide bonds. The number of hydrogen-bond donors (Lipinski definition) is 0. The van der Waals surface area contributed by atoms with Crippen molar-refractivity contribution >= 4 is 25.2 Å². The number of allylic oxidation sites excluding steroid dienone is 3. The largest absolute Gasteiger partial charge is 0.377 e. The van der Waals surface area contributed by atoms with Crippen molar-refractivity contribution in [2.24, 2.45) is 0 Å². The van der Waals surface area contributed by atoms with E-state index >= 15 is 0 Å². The number of aromatic nitrogens is 2. The van der Waals surface area contributed by atoms with Gasteiger partial charge < -0.3 is 4.74 Å². The lowest BCUT2D eigenvalue weighted by Crippen LogP contribution is -2.21. The first kappa shape index (κ1) is 22.5. The summed E-state index contributed by atoms with van der Waals surface area (Å²) in [6.07, 6.45) is 9.84. The molecule has 0 bridgehead atoms. The van der Waals surface area contributed by atoms with Gasteiger partial charge in [0.25, 0.3) is 0 Å². The van der Waals surface area contributed by atoms with Gasteiger partial charge >= 0.3 is 0 Å². The van der Waals surface area contributed by atoms with E-state index in [4.69, 9.17) is 24.2 Å². The fourth-order valence-electron chi connectivity index (χ4n) is 2.03. The van der Waals surface area contributed by atoms with Gasteiger partial charge in [-0.25, -0.2) is 9.97 Å². The molecule has 1 atom stereocenters. The number of ether oxygens (including phenoxy) is 1. The van der Waals surface area contributed by atoms with Crippen LogP contribution in [0.5, 0.6) is 0 Å². The Balaban J connectivity index is 0.000000952. The van der Waals surface area contributed by atoms with E-state index in [1.165, 1.54) is 0 Å². The van der Waals surface area contributed by atoms with Gasteiger partial charge in [0.15, 0.2) is 5.78 Å². The third-order valence-electron chi connectivity index (χ3n) is 2.99. The SMILES string of the molecule is CC.COC1CCC=CC=C1C(=O)Cc1ccnc(Cl)n1.[B]CC. The summed E-state index contributed by atoms with van der Waals surface area (Å²) in [4.78, 5) is 20.1. The first-order valence-electron chi connectivity index (χ1n) is 8.22. The number of hydrogen-bond acceptors (Lipinski definition) is 4. The molecule has 0 saturated heterocycles. The molecule has 1 unspecified atom stereocenters. The summed E-state index contributed by atoms with van der Waals surface area (Å²) >= 11 is 5.71. The molecule has 0 spiro atoms.